The molecule has 0 saturated carbocycles. The van der Waals surface area contributed by atoms with Gasteiger partial charge in [0, 0.05) is 31.7 Å². The molecule has 0 unspecified atom stereocenters. The largest absolute Gasteiger partial charge is 0.493 e. The molecule has 0 spiro atoms. The average molecular weight is 427 g/mol. The summed E-state index contributed by atoms with van der Waals surface area (Å²) >= 11 is 0. The van der Waals surface area contributed by atoms with Crippen molar-refractivity contribution in [1.29, 1.82) is 0 Å². The first kappa shape index (κ1) is 22.8. The molecule has 2 aromatic carbocycles. The van der Waals surface area contributed by atoms with Crippen molar-refractivity contribution in [2.75, 3.05) is 26.8 Å². The molecular weight excluding hydrogens is 395 g/mol. The first-order valence-electron chi connectivity index (χ1n) is 10.6. The minimum absolute atomic E-state index is 0.0388. The van der Waals surface area contributed by atoms with Crippen LogP contribution in [-0.2, 0) is 17.8 Å². The summed E-state index contributed by atoms with van der Waals surface area (Å²) in [5.74, 6) is 0.890. The number of allylic oxidation sites excluding steroid dienone is 1. The fraction of sp³-hybridized carbons (Fsp3) is 0.400. The summed E-state index contributed by atoms with van der Waals surface area (Å²) in [5, 5.41) is 0. The fourth-order valence-corrected chi connectivity index (χ4v) is 3.94. The van der Waals surface area contributed by atoms with Gasteiger partial charge < -0.3 is 14.4 Å². The van der Waals surface area contributed by atoms with E-state index in [-0.39, 0.29) is 30.4 Å². The maximum atomic E-state index is 13.2. The molecule has 5 nitrogen and oxygen atoms in total. The highest BCUT2D eigenvalue weighted by atomic mass is 19.1. The van der Waals surface area contributed by atoms with E-state index in [1.807, 2.05) is 48.2 Å². The molecular formula is C25H31FN2O3. The molecule has 0 aromatic heterocycles. The SMILES string of the molecule is C=CCc1ccc(OC)c(OCC(=O)N2C[C@@H](C)N(Cc3ccc(F)cc3)C[C@@H]2C)c1. The van der Waals surface area contributed by atoms with E-state index in [9.17, 15) is 9.18 Å². The Bertz CT molecular complexity index is 900. The summed E-state index contributed by atoms with van der Waals surface area (Å²) in [4.78, 5) is 17.1. The van der Waals surface area contributed by atoms with Gasteiger partial charge in [0.2, 0.25) is 0 Å². The molecule has 1 aliphatic heterocycles. The van der Waals surface area contributed by atoms with Crippen LogP contribution in [0.5, 0.6) is 11.5 Å². The molecule has 2 atom stereocenters. The lowest BCUT2D eigenvalue weighted by Gasteiger charge is -2.44. The molecule has 1 saturated heterocycles. The van der Waals surface area contributed by atoms with Crippen LogP contribution in [0.2, 0.25) is 0 Å². The number of hydrogen-bond donors (Lipinski definition) is 0. The van der Waals surface area contributed by atoms with Crippen LogP contribution in [-0.4, -0.2) is 54.6 Å². The van der Waals surface area contributed by atoms with E-state index >= 15 is 0 Å². The predicted octanol–water partition coefficient (Wildman–Crippen LogP) is 4.06. The van der Waals surface area contributed by atoms with Gasteiger partial charge >= 0.3 is 0 Å². The van der Waals surface area contributed by atoms with Gasteiger partial charge in [-0.1, -0.05) is 24.3 Å². The number of hydrogen-bond acceptors (Lipinski definition) is 4. The second kappa shape index (κ2) is 10.4. The normalized spacial score (nSPS) is 19.2. The average Bonchev–Trinajstić information content (AvgIpc) is 2.76. The van der Waals surface area contributed by atoms with E-state index in [0.29, 0.717) is 18.0 Å². The van der Waals surface area contributed by atoms with Crippen molar-refractivity contribution >= 4 is 5.91 Å². The van der Waals surface area contributed by atoms with Gasteiger partial charge in [0.05, 0.1) is 7.11 Å². The fourth-order valence-electron chi connectivity index (χ4n) is 3.94. The summed E-state index contributed by atoms with van der Waals surface area (Å²) in [6.07, 6.45) is 2.55. The maximum absolute atomic E-state index is 13.2. The van der Waals surface area contributed by atoms with Gasteiger partial charge in [-0.15, -0.1) is 6.58 Å². The maximum Gasteiger partial charge on any atom is 0.260 e. The molecule has 0 aliphatic carbocycles. The lowest BCUT2D eigenvalue weighted by Crippen LogP contribution is -2.58. The lowest BCUT2D eigenvalue weighted by atomic mass is 10.1. The molecule has 0 radical (unpaired) electrons. The zero-order chi connectivity index (χ0) is 22.4. The number of nitrogens with zero attached hydrogens (tertiary/aromatic N) is 2. The summed E-state index contributed by atoms with van der Waals surface area (Å²) in [7, 11) is 1.58. The van der Waals surface area contributed by atoms with E-state index in [2.05, 4.69) is 18.4 Å². The van der Waals surface area contributed by atoms with Crippen LogP contribution < -0.4 is 9.47 Å². The Labute approximate surface area is 184 Å². The van der Waals surface area contributed by atoms with Gasteiger partial charge in [0.15, 0.2) is 18.1 Å². The first-order chi connectivity index (χ1) is 14.9. The van der Waals surface area contributed by atoms with Crippen molar-refractivity contribution in [2.45, 2.75) is 38.9 Å². The predicted molar refractivity (Wildman–Crippen MR) is 120 cm³/mol. The Balaban J connectivity index is 1.59. The Morgan fingerprint density at radius 2 is 1.81 bits per heavy atom. The van der Waals surface area contributed by atoms with Gasteiger partial charge in [-0.05, 0) is 55.7 Å². The highest BCUT2D eigenvalue weighted by Gasteiger charge is 2.32. The minimum atomic E-state index is -0.229. The zero-order valence-corrected chi connectivity index (χ0v) is 18.5. The molecule has 0 N–H and O–H groups in total. The third-order valence-corrected chi connectivity index (χ3v) is 5.69. The van der Waals surface area contributed by atoms with Crippen LogP contribution in [0.3, 0.4) is 0 Å². The van der Waals surface area contributed by atoms with E-state index < -0.39 is 0 Å². The summed E-state index contributed by atoms with van der Waals surface area (Å²) in [6, 6.07) is 12.5. The van der Waals surface area contributed by atoms with Crippen LogP contribution in [0.1, 0.15) is 25.0 Å². The Kier molecular flexibility index (Phi) is 7.69. The number of piperazine rings is 1. The van der Waals surface area contributed by atoms with Gasteiger partial charge in [0.25, 0.3) is 5.91 Å². The number of carbonyl (C=O) groups excluding carboxylic acids is 1. The van der Waals surface area contributed by atoms with Crippen LogP contribution in [0.25, 0.3) is 0 Å². The quantitative estimate of drug-likeness (QED) is 0.597. The van der Waals surface area contributed by atoms with E-state index in [4.69, 9.17) is 9.47 Å². The molecule has 6 heteroatoms. The van der Waals surface area contributed by atoms with Crippen molar-refractivity contribution in [3.63, 3.8) is 0 Å². The van der Waals surface area contributed by atoms with Crippen LogP contribution in [0.15, 0.2) is 55.1 Å². The molecule has 1 aliphatic rings. The highest BCUT2D eigenvalue weighted by Crippen LogP contribution is 2.28. The number of rotatable bonds is 8. The molecule has 166 valence electrons. The van der Waals surface area contributed by atoms with Gasteiger partial charge in [0.1, 0.15) is 5.82 Å². The number of carbonyl (C=O) groups is 1. The van der Waals surface area contributed by atoms with Crippen LogP contribution >= 0.6 is 0 Å². The van der Waals surface area contributed by atoms with Crippen LogP contribution in [0.4, 0.5) is 4.39 Å². The second-order valence-corrected chi connectivity index (χ2v) is 8.07. The topological polar surface area (TPSA) is 42.0 Å². The molecule has 1 heterocycles. The Morgan fingerprint density at radius 3 is 2.48 bits per heavy atom. The number of halogens is 1. The molecule has 1 amide bonds. The number of amides is 1. The van der Waals surface area contributed by atoms with E-state index in [0.717, 1.165) is 30.6 Å². The third kappa shape index (κ3) is 5.85. The Morgan fingerprint density at radius 1 is 1.10 bits per heavy atom. The molecule has 0 bridgehead atoms. The summed E-state index contributed by atoms with van der Waals surface area (Å²) in [6.45, 7) is 9.99. The number of methoxy groups -OCH3 is 1. The number of benzene rings is 2. The first-order valence-corrected chi connectivity index (χ1v) is 10.6. The highest BCUT2D eigenvalue weighted by molar-refractivity contribution is 5.78. The second-order valence-electron chi connectivity index (χ2n) is 8.07. The molecule has 31 heavy (non-hydrogen) atoms. The van der Waals surface area contributed by atoms with Crippen molar-refractivity contribution in [2.24, 2.45) is 0 Å². The summed E-state index contributed by atoms with van der Waals surface area (Å²) < 4.78 is 24.4. The standard InChI is InChI=1S/C25H31FN2O3/c1-5-6-20-9-12-23(30-4)24(13-20)31-17-25(29)28-15-18(2)27(14-19(28)3)16-21-7-10-22(26)11-8-21/h5,7-13,18-19H,1,6,14-17H2,2-4H3/t18-,19+/m1/s1. The minimum Gasteiger partial charge on any atom is -0.493 e. The van der Waals surface area contributed by atoms with E-state index in [1.54, 1.807) is 7.11 Å². The van der Waals surface area contributed by atoms with Gasteiger partial charge in [-0.3, -0.25) is 9.69 Å². The lowest BCUT2D eigenvalue weighted by molar-refractivity contribution is -0.139. The zero-order valence-electron chi connectivity index (χ0n) is 18.5. The number of ether oxygens (including phenoxy) is 2. The third-order valence-electron chi connectivity index (χ3n) is 5.69. The van der Waals surface area contributed by atoms with Gasteiger partial charge in [-0.2, -0.15) is 0 Å². The molecule has 1 fully saturated rings. The summed E-state index contributed by atoms with van der Waals surface area (Å²) in [5.41, 5.74) is 2.12. The molecule has 3 rings (SSSR count). The molecule has 2 aromatic rings. The van der Waals surface area contributed by atoms with Crippen molar-refractivity contribution in [3.05, 3.63) is 72.1 Å². The van der Waals surface area contributed by atoms with Crippen LogP contribution in [0, 0.1) is 5.82 Å². The Hall–Kier alpha value is -2.86. The smallest absolute Gasteiger partial charge is 0.260 e. The van der Waals surface area contributed by atoms with Crippen molar-refractivity contribution < 1.29 is 18.7 Å². The monoisotopic (exact) mass is 426 g/mol. The van der Waals surface area contributed by atoms with Crippen molar-refractivity contribution in [3.8, 4) is 11.5 Å². The van der Waals surface area contributed by atoms with E-state index in [1.165, 1.54) is 12.1 Å². The van der Waals surface area contributed by atoms with Gasteiger partial charge in [-0.25, -0.2) is 4.39 Å². The van der Waals surface area contributed by atoms with Crippen molar-refractivity contribution in [1.82, 2.24) is 9.80 Å².